The van der Waals surface area contributed by atoms with Gasteiger partial charge in [-0.05, 0) is 73.4 Å². The Morgan fingerprint density at radius 1 is 0.391 bits per heavy atom. The number of ether oxygens (including phenoxy) is 1. The van der Waals surface area contributed by atoms with Crippen molar-refractivity contribution in [3.63, 3.8) is 0 Å². The smallest absolute Gasteiger partial charge is 0.164 e. The van der Waals surface area contributed by atoms with E-state index < -0.39 is 0 Å². The molecular formula is C62H52N6O. The van der Waals surface area contributed by atoms with E-state index in [-0.39, 0.29) is 11.3 Å². The van der Waals surface area contributed by atoms with Gasteiger partial charge in [-0.3, -0.25) is 0 Å². The number of aromatic nitrogens is 6. The normalized spacial score (nSPS) is 14.8. The van der Waals surface area contributed by atoms with E-state index in [0.29, 0.717) is 34.9 Å². The number of hydrogen-bond donors (Lipinski definition) is 0. The molecule has 0 amide bonds. The highest BCUT2D eigenvalue weighted by Gasteiger charge is 2.37. The van der Waals surface area contributed by atoms with E-state index in [4.69, 9.17) is 34.6 Å². The van der Waals surface area contributed by atoms with Crippen molar-refractivity contribution < 1.29 is 4.74 Å². The van der Waals surface area contributed by atoms with Crippen LogP contribution in [0, 0.1) is 33.6 Å². The van der Waals surface area contributed by atoms with Crippen molar-refractivity contribution in [1.82, 2.24) is 29.9 Å². The van der Waals surface area contributed by atoms with Crippen molar-refractivity contribution in [3.05, 3.63) is 215 Å². The molecule has 11 rings (SSSR count). The van der Waals surface area contributed by atoms with Crippen LogP contribution in [0.25, 0.3) is 79.2 Å². The fraction of sp³-hybridized carbons (Fsp3) is 0.161. The quantitative estimate of drug-likeness (QED) is 0.150. The molecule has 0 N–H and O–H groups in total. The van der Waals surface area contributed by atoms with E-state index in [2.05, 4.69) is 182 Å². The number of allylic oxidation sites excluding steroid dienone is 4. The van der Waals surface area contributed by atoms with Crippen molar-refractivity contribution in [3.8, 4) is 79.6 Å². The summed E-state index contributed by atoms with van der Waals surface area (Å²) in [4.78, 5) is 30.5. The molecule has 1 atom stereocenters. The lowest BCUT2D eigenvalue weighted by Crippen LogP contribution is -2.25. The Morgan fingerprint density at radius 2 is 0.768 bits per heavy atom. The largest absolute Gasteiger partial charge is 0.455 e. The fourth-order valence-corrected chi connectivity index (χ4v) is 9.95. The lowest BCUT2D eigenvalue weighted by Gasteiger charge is -2.37. The number of rotatable bonds is 8. The summed E-state index contributed by atoms with van der Waals surface area (Å²) in [5.74, 6) is 5.90. The first-order chi connectivity index (χ1) is 33.5. The predicted octanol–water partition coefficient (Wildman–Crippen LogP) is 15.2. The predicted molar refractivity (Wildman–Crippen MR) is 280 cm³/mol. The Morgan fingerprint density at radius 3 is 1.22 bits per heavy atom. The van der Waals surface area contributed by atoms with Crippen LogP contribution in [0.2, 0.25) is 0 Å². The van der Waals surface area contributed by atoms with Crippen molar-refractivity contribution in [2.45, 2.75) is 60.3 Å². The second-order valence-corrected chi connectivity index (χ2v) is 19.0. The number of fused-ring (bicyclic) bond motifs is 2. The van der Waals surface area contributed by atoms with Gasteiger partial charge in [-0.1, -0.05) is 191 Å². The van der Waals surface area contributed by atoms with Gasteiger partial charge in [0.05, 0.1) is 0 Å². The molecule has 1 unspecified atom stereocenters. The molecule has 69 heavy (non-hydrogen) atoms. The van der Waals surface area contributed by atoms with Crippen LogP contribution in [0.3, 0.4) is 0 Å². The Hall–Kier alpha value is -8.16. The van der Waals surface area contributed by atoms with Gasteiger partial charge in [0.1, 0.15) is 11.5 Å². The highest BCUT2D eigenvalue weighted by molar-refractivity contribution is 5.84. The average Bonchev–Trinajstić information content (AvgIpc) is 3.36. The Balaban J connectivity index is 0.954. The van der Waals surface area contributed by atoms with Crippen LogP contribution in [0.4, 0.5) is 0 Å². The lowest BCUT2D eigenvalue weighted by molar-refractivity contribution is 0.418. The molecule has 2 aromatic heterocycles. The van der Waals surface area contributed by atoms with Crippen molar-refractivity contribution >= 4 is 11.1 Å². The van der Waals surface area contributed by atoms with Gasteiger partial charge in [0.25, 0.3) is 0 Å². The number of benzene rings is 7. The monoisotopic (exact) mass is 896 g/mol. The minimum atomic E-state index is -0.331. The van der Waals surface area contributed by atoms with Gasteiger partial charge in [-0.25, -0.2) is 29.9 Å². The average molecular weight is 897 g/mol. The van der Waals surface area contributed by atoms with Gasteiger partial charge < -0.3 is 4.74 Å². The van der Waals surface area contributed by atoms with Gasteiger partial charge in [-0.2, -0.15) is 0 Å². The van der Waals surface area contributed by atoms with E-state index in [9.17, 15) is 0 Å². The first-order valence-corrected chi connectivity index (χ1v) is 23.7. The minimum Gasteiger partial charge on any atom is -0.455 e. The summed E-state index contributed by atoms with van der Waals surface area (Å²) in [5.41, 5.74) is 16.8. The second-order valence-electron chi connectivity index (χ2n) is 19.0. The molecule has 3 heterocycles. The zero-order valence-electron chi connectivity index (χ0n) is 40.0. The highest BCUT2D eigenvalue weighted by atomic mass is 16.5. The summed E-state index contributed by atoms with van der Waals surface area (Å²) in [6.45, 7) is 15.3. The molecule has 1 aliphatic carbocycles. The highest BCUT2D eigenvalue weighted by Crippen LogP contribution is 2.54. The van der Waals surface area contributed by atoms with Gasteiger partial charge in [-0.15, -0.1) is 0 Å². The fourth-order valence-electron chi connectivity index (χ4n) is 9.95. The SMILES string of the molecule is Cc1ccccc1-c1nc(C2=CC=C(c3cccc4c3Oc3c(-c5ccc(-c6nc(-c7ccccc7C)nc(-c7ccccc7C)n6)cc5)cccc3C4(C)C)CC2C)nc(-c2ccccc2C)n1. The van der Waals surface area contributed by atoms with E-state index in [0.717, 1.165) is 101 Å². The standard InChI is InChI=1S/C62H52N6O/c1-37-18-8-12-22-45(37)57-63-56(64-58(65-57)46-23-13-9-19-38(46)2)43-32-30-42(31-33-43)50-26-16-28-52-54(50)69-55-51(27-17-29-53(55)62(52,6)7)44-34-35-49(41(5)36-44)61-67-59(47-24-14-10-20-39(47)3)66-60(68-61)48-25-15-11-21-40(48)4/h8-35,41H,36H2,1-7H3. The second kappa shape index (κ2) is 17.5. The lowest BCUT2D eigenvalue weighted by atomic mass is 9.73. The third-order valence-electron chi connectivity index (χ3n) is 14.0. The summed E-state index contributed by atoms with van der Waals surface area (Å²) >= 11 is 0. The van der Waals surface area contributed by atoms with Crippen LogP contribution in [-0.4, -0.2) is 29.9 Å². The number of aryl methyl sites for hydroxylation is 4. The third kappa shape index (κ3) is 7.93. The molecule has 0 saturated heterocycles. The first kappa shape index (κ1) is 43.4. The van der Waals surface area contributed by atoms with E-state index in [1.807, 2.05) is 36.4 Å². The van der Waals surface area contributed by atoms with E-state index in [1.165, 1.54) is 5.57 Å². The van der Waals surface area contributed by atoms with Crippen LogP contribution in [0.5, 0.6) is 11.5 Å². The maximum atomic E-state index is 7.22. The molecule has 7 heteroatoms. The molecule has 9 aromatic rings. The maximum absolute atomic E-state index is 7.22. The van der Waals surface area contributed by atoms with Gasteiger partial charge >= 0.3 is 0 Å². The third-order valence-corrected chi connectivity index (χ3v) is 14.0. The molecule has 0 spiro atoms. The molecule has 0 fully saturated rings. The van der Waals surface area contributed by atoms with Crippen molar-refractivity contribution in [2.75, 3.05) is 0 Å². The Labute approximate surface area is 404 Å². The number of nitrogens with zero attached hydrogens (tertiary/aromatic N) is 6. The molecular weight excluding hydrogens is 845 g/mol. The molecule has 2 aliphatic rings. The molecule has 0 radical (unpaired) electrons. The van der Waals surface area contributed by atoms with Crippen LogP contribution in [0.15, 0.2) is 170 Å². The van der Waals surface area contributed by atoms with Crippen LogP contribution in [-0.2, 0) is 5.41 Å². The van der Waals surface area contributed by atoms with Crippen molar-refractivity contribution in [2.24, 2.45) is 5.92 Å². The van der Waals surface area contributed by atoms with Crippen molar-refractivity contribution in [1.29, 1.82) is 0 Å². The Bertz CT molecular complexity index is 3420. The topological polar surface area (TPSA) is 86.6 Å². The number of hydrogen-bond acceptors (Lipinski definition) is 7. The molecule has 7 aromatic carbocycles. The van der Waals surface area contributed by atoms with Gasteiger partial charge in [0.15, 0.2) is 34.9 Å². The summed E-state index contributed by atoms with van der Waals surface area (Å²) < 4.78 is 7.22. The Kier molecular flexibility index (Phi) is 11.0. The molecule has 1 aliphatic heterocycles. The summed E-state index contributed by atoms with van der Waals surface area (Å²) in [5, 5.41) is 0. The zero-order chi connectivity index (χ0) is 47.4. The molecule has 0 bridgehead atoms. The van der Waals surface area contributed by atoms with Crippen LogP contribution < -0.4 is 4.74 Å². The molecule has 0 saturated carbocycles. The van der Waals surface area contributed by atoms with E-state index >= 15 is 0 Å². The first-order valence-electron chi connectivity index (χ1n) is 23.7. The minimum absolute atomic E-state index is 0.126. The molecule has 336 valence electrons. The number of para-hydroxylation sites is 2. The van der Waals surface area contributed by atoms with E-state index in [1.54, 1.807) is 0 Å². The van der Waals surface area contributed by atoms with Gasteiger partial charge in [0.2, 0.25) is 0 Å². The van der Waals surface area contributed by atoms with Gasteiger partial charge in [0, 0.05) is 61.1 Å². The summed E-state index contributed by atoms with van der Waals surface area (Å²) in [6.07, 6.45) is 5.24. The van der Waals surface area contributed by atoms with Crippen LogP contribution >= 0.6 is 0 Å². The summed E-state index contributed by atoms with van der Waals surface area (Å²) in [7, 11) is 0. The maximum Gasteiger partial charge on any atom is 0.164 e. The zero-order valence-corrected chi connectivity index (χ0v) is 40.0. The molecule has 7 nitrogen and oxygen atoms in total. The summed E-state index contributed by atoms with van der Waals surface area (Å²) in [6, 6.07) is 54.7. The van der Waals surface area contributed by atoms with Crippen LogP contribution in [0.1, 0.15) is 72.0 Å².